The smallest absolute Gasteiger partial charge is 0.266 e. The Hall–Kier alpha value is -3.36. The highest BCUT2D eigenvalue weighted by atomic mass is 79.9. The predicted molar refractivity (Wildman–Crippen MR) is 114 cm³/mol. The third kappa shape index (κ3) is 5.57. The fourth-order valence-electron chi connectivity index (χ4n) is 2.45. The number of halogens is 1. The summed E-state index contributed by atoms with van der Waals surface area (Å²) < 4.78 is 6.66. The standard InChI is InChI=1S/C23H17BrN2O2/c24-20-8-6-17(7-9-20)14-19(15-25)23(27)26-21-10-12-22(13-11-21)28-16-18-4-2-1-3-5-18/h1-14H,16H2,(H,26,27)/b19-14+. The molecule has 1 amide bonds. The van der Waals surface area contributed by atoms with Crippen LogP contribution in [0.5, 0.6) is 5.75 Å². The van der Waals surface area contributed by atoms with Gasteiger partial charge in [-0.1, -0.05) is 58.4 Å². The van der Waals surface area contributed by atoms with Crippen molar-refractivity contribution in [2.24, 2.45) is 0 Å². The molecule has 0 heterocycles. The number of hydrogen-bond acceptors (Lipinski definition) is 3. The first kappa shape index (κ1) is 19.4. The zero-order valence-corrected chi connectivity index (χ0v) is 16.5. The van der Waals surface area contributed by atoms with Gasteiger partial charge in [-0.3, -0.25) is 4.79 Å². The minimum Gasteiger partial charge on any atom is -0.489 e. The molecule has 0 saturated heterocycles. The lowest BCUT2D eigenvalue weighted by molar-refractivity contribution is -0.112. The van der Waals surface area contributed by atoms with Gasteiger partial charge in [0.15, 0.2) is 0 Å². The Labute approximate surface area is 172 Å². The minimum absolute atomic E-state index is 0.0340. The summed E-state index contributed by atoms with van der Waals surface area (Å²) in [5.41, 5.74) is 2.48. The van der Waals surface area contributed by atoms with Gasteiger partial charge in [0, 0.05) is 10.2 Å². The van der Waals surface area contributed by atoms with E-state index < -0.39 is 5.91 Å². The van der Waals surface area contributed by atoms with Crippen LogP contribution in [0.4, 0.5) is 5.69 Å². The van der Waals surface area contributed by atoms with E-state index in [1.165, 1.54) is 0 Å². The van der Waals surface area contributed by atoms with Crippen molar-refractivity contribution in [3.8, 4) is 11.8 Å². The van der Waals surface area contributed by atoms with Gasteiger partial charge in [-0.2, -0.15) is 5.26 Å². The molecule has 0 aromatic heterocycles. The Morgan fingerprint density at radius 1 is 1.00 bits per heavy atom. The van der Waals surface area contributed by atoms with Crippen molar-refractivity contribution in [2.75, 3.05) is 5.32 Å². The average molecular weight is 433 g/mol. The highest BCUT2D eigenvalue weighted by Gasteiger charge is 2.09. The van der Waals surface area contributed by atoms with Crippen molar-refractivity contribution in [1.29, 1.82) is 5.26 Å². The molecule has 3 aromatic rings. The van der Waals surface area contributed by atoms with E-state index in [0.29, 0.717) is 18.0 Å². The van der Waals surface area contributed by atoms with Gasteiger partial charge in [0.05, 0.1) is 0 Å². The molecule has 3 aromatic carbocycles. The Morgan fingerprint density at radius 3 is 2.32 bits per heavy atom. The molecule has 0 radical (unpaired) electrons. The van der Waals surface area contributed by atoms with Gasteiger partial charge < -0.3 is 10.1 Å². The normalized spacial score (nSPS) is 10.8. The number of benzene rings is 3. The maximum atomic E-state index is 12.4. The van der Waals surface area contributed by atoms with E-state index in [0.717, 1.165) is 15.6 Å². The number of nitrogens with zero attached hydrogens (tertiary/aromatic N) is 1. The van der Waals surface area contributed by atoms with E-state index in [9.17, 15) is 10.1 Å². The summed E-state index contributed by atoms with van der Waals surface area (Å²) in [6.45, 7) is 0.473. The minimum atomic E-state index is -0.455. The van der Waals surface area contributed by atoms with E-state index in [-0.39, 0.29) is 5.57 Å². The molecule has 0 unspecified atom stereocenters. The number of carbonyl (C=O) groups is 1. The predicted octanol–water partition coefficient (Wildman–Crippen LogP) is 5.57. The fourth-order valence-corrected chi connectivity index (χ4v) is 2.71. The number of rotatable bonds is 6. The van der Waals surface area contributed by atoms with Crippen LogP contribution in [0.25, 0.3) is 6.08 Å². The quantitative estimate of drug-likeness (QED) is 0.408. The Kier molecular flexibility index (Phi) is 6.61. The number of carbonyl (C=O) groups excluding carboxylic acids is 1. The number of hydrogen-bond donors (Lipinski definition) is 1. The number of ether oxygens (including phenoxy) is 1. The summed E-state index contributed by atoms with van der Waals surface area (Å²) in [7, 11) is 0. The molecular formula is C23H17BrN2O2. The lowest BCUT2D eigenvalue weighted by Gasteiger charge is -2.08. The van der Waals surface area contributed by atoms with Gasteiger partial charge in [0.1, 0.15) is 24.0 Å². The highest BCUT2D eigenvalue weighted by Crippen LogP contribution is 2.18. The largest absolute Gasteiger partial charge is 0.489 e. The van der Waals surface area contributed by atoms with Crippen molar-refractivity contribution in [2.45, 2.75) is 6.61 Å². The van der Waals surface area contributed by atoms with Crippen LogP contribution in [0.1, 0.15) is 11.1 Å². The molecule has 0 saturated carbocycles. The number of amides is 1. The van der Waals surface area contributed by atoms with E-state index in [1.54, 1.807) is 30.3 Å². The molecule has 0 aliphatic carbocycles. The van der Waals surface area contributed by atoms with Gasteiger partial charge in [0.25, 0.3) is 5.91 Å². The van der Waals surface area contributed by atoms with Crippen molar-refractivity contribution < 1.29 is 9.53 Å². The summed E-state index contributed by atoms with van der Waals surface area (Å²) in [6.07, 6.45) is 1.55. The van der Waals surface area contributed by atoms with Crippen LogP contribution in [-0.2, 0) is 11.4 Å². The third-order valence-corrected chi connectivity index (χ3v) is 4.44. The zero-order valence-electron chi connectivity index (χ0n) is 14.9. The molecule has 0 spiro atoms. The van der Waals surface area contributed by atoms with Gasteiger partial charge in [-0.05, 0) is 53.6 Å². The van der Waals surface area contributed by atoms with Crippen molar-refractivity contribution in [3.05, 3.63) is 100 Å². The Bertz CT molecular complexity index is 1010. The van der Waals surface area contributed by atoms with Crippen LogP contribution in [-0.4, -0.2) is 5.91 Å². The molecule has 1 N–H and O–H groups in total. The van der Waals surface area contributed by atoms with Gasteiger partial charge >= 0.3 is 0 Å². The Balaban J connectivity index is 1.61. The van der Waals surface area contributed by atoms with Crippen LogP contribution in [0.2, 0.25) is 0 Å². The summed E-state index contributed by atoms with van der Waals surface area (Å²) in [4.78, 5) is 12.4. The number of nitrogens with one attached hydrogen (secondary N) is 1. The molecule has 28 heavy (non-hydrogen) atoms. The molecule has 4 nitrogen and oxygen atoms in total. The van der Waals surface area contributed by atoms with Crippen LogP contribution in [0, 0.1) is 11.3 Å². The van der Waals surface area contributed by atoms with Crippen LogP contribution < -0.4 is 10.1 Å². The second kappa shape index (κ2) is 9.54. The molecular weight excluding hydrogens is 416 g/mol. The maximum Gasteiger partial charge on any atom is 0.266 e. The first-order valence-electron chi connectivity index (χ1n) is 8.59. The first-order chi connectivity index (χ1) is 13.6. The second-order valence-electron chi connectivity index (χ2n) is 5.97. The van der Waals surface area contributed by atoms with E-state index in [4.69, 9.17) is 4.74 Å². The van der Waals surface area contributed by atoms with Gasteiger partial charge in [0.2, 0.25) is 0 Å². The topological polar surface area (TPSA) is 62.1 Å². The molecule has 0 fully saturated rings. The summed E-state index contributed by atoms with van der Waals surface area (Å²) in [6, 6.07) is 26.2. The van der Waals surface area contributed by atoms with Gasteiger partial charge in [-0.25, -0.2) is 0 Å². The monoisotopic (exact) mass is 432 g/mol. The average Bonchev–Trinajstić information content (AvgIpc) is 2.73. The molecule has 0 aliphatic rings. The van der Waals surface area contributed by atoms with Crippen LogP contribution in [0.3, 0.4) is 0 Å². The second-order valence-corrected chi connectivity index (χ2v) is 6.89. The maximum absolute atomic E-state index is 12.4. The fraction of sp³-hybridized carbons (Fsp3) is 0.0435. The lowest BCUT2D eigenvalue weighted by Crippen LogP contribution is -2.13. The zero-order chi connectivity index (χ0) is 19.8. The SMILES string of the molecule is N#C/C(=C\c1ccc(Br)cc1)C(=O)Nc1ccc(OCc2ccccc2)cc1. The summed E-state index contributed by atoms with van der Waals surface area (Å²) >= 11 is 3.36. The molecule has 5 heteroatoms. The van der Waals surface area contributed by atoms with E-state index >= 15 is 0 Å². The number of nitriles is 1. The van der Waals surface area contributed by atoms with Gasteiger partial charge in [-0.15, -0.1) is 0 Å². The van der Waals surface area contributed by atoms with Crippen LogP contribution >= 0.6 is 15.9 Å². The summed E-state index contributed by atoms with van der Waals surface area (Å²) in [5, 5.41) is 12.0. The highest BCUT2D eigenvalue weighted by molar-refractivity contribution is 9.10. The van der Waals surface area contributed by atoms with Crippen molar-refractivity contribution >= 4 is 33.6 Å². The first-order valence-corrected chi connectivity index (χ1v) is 9.39. The molecule has 0 atom stereocenters. The van der Waals surface area contributed by atoms with Crippen molar-refractivity contribution in [1.82, 2.24) is 0 Å². The van der Waals surface area contributed by atoms with E-state index in [2.05, 4.69) is 21.2 Å². The van der Waals surface area contributed by atoms with Crippen molar-refractivity contribution in [3.63, 3.8) is 0 Å². The Morgan fingerprint density at radius 2 is 1.68 bits per heavy atom. The van der Waals surface area contributed by atoms with E-state index in [1.807, 2.05) is 60.7 Å². The third-order valence-electron chi connectivity index (χ3n) is 3.91. The van der Waals surface area contributed by atoms with Crippen LogP contribution in [0.15, 0.2) is 88.9 Å². The molecule has 138 valence electrons. The molecule has 0 bridgehead atoms. The summed E-state index contributed by atoms with van der Waals surface area (Å²) in [5.74, 6) is 0.246. The number of anilines is 1. The lowest BCUT2D eigenvalue weighted by atomic mass is 10.1. The molecule has 3 rings (SSSR count). The molecule has 0 aliphatic heterocycles.